The van der Waals surface area contributed by atoms with Crippen molar-refractivity contribution >= 4 is 17.5 Å². The van der Waals surface area contributed by atoms with Gasteiger partial charge in [-0.05, 0) is 36.6 Å². The first-order valence-corrected chi connectivity index (χ1v) is 5.88. The fraction of sp³-hybridized carbons (Fsp3) is 0.385. The van der Waals surface area contributed by atoms with E-state index in [1.807, 2.05) is 0 Å². The van der Waals surface area contributed by atoms with Gasteiger partial charge in [0.25, 0.3) is 5.91 Å². The number of ether oxygens (including phenoxy) is 1. The second-order valence-corrected chi connectivity index (χ2v) is 4.59. The van der Waals surface area contributed by atoms with Crippen molar-refractivity contribution in [3.05, 3.63) is 24.3 Å². The minimum atomic E-state index is -0.518. The van der Waals surface area contributed by atoms with Crippen molar-refractivity contribution in [2.24, 2.45) is 17.6 Å². The Morgan fingerprint density at radius 2 is 2.00 bits per heavy atom. The average molecular weight is 248 g/mol. The number of nitrogens with two attached hydrogens (primary N) is 1. The summed E-state index contributed by atoms with van der Waals surface area (Å²) in [4.78, 5) is 22.2. The molecule has 0 aromatic heterocycles. The molecule has 0 radical (unpaired) electrons. The van der Waals surface area contributed by atoms with Crippen molar-refractivity contribution in [1.29, 1.82) is 0 Å². The summed E-state index contributed by atoms with van der Waals surface area (Å²) in [6.07, 6.45) is 0.964. The van der Waals surface area contributed by atoms with Gasteiger partial charge in [-0.25, -0.2) is 0 Å². The molecule has 0 aliphatic heterocycles. The molecule has 2 atom stereocenters. The van der Waals surface area contributed by atoms with Gasteiger partial charge in [-0.15, -0.1) is 0 Å². The summed E-state index contributed by atoms with van der Waals surface area (Å²) in [7, 11) is 0. The van der Waals surface area contributed by atoms with Gasteiger partial charge in [-0.1, -0.05) is 6.92 Å². The molecule has 1 aliphatic rings. The van der Waals surface area contributed by atoms with Crippen molar-refractivity contribution in [2.45, 2.75) is 13.3 Å². The quantitative estimate of drug-likeness (QED) is 0.820. The van der Waals surface area contributed by atoms with E-state index >= 15 is 0 Å². The van der Waals surface area contributed by atoms with Crippen LogP contribution in [0.4, 0.5) is 5.69 Å². The van der Waals surface area contributed by atoms with Gasteiger partial charge >= 0.3 is 0 Å². The van der Waals surface area contributed by atoms with E-state index in [1.54, 1.807) is 24.3 Å². The SMILES string of the molecule is C[C@H]1C[C@H]1C(=O)Nc1ccc(OCC(N)=O)cc1. The zero-order valence-electron chi connectivity index (χ0n) is 10.2. The number of hydrogen-bond donors (Lipinski definition) is 2. The van der Waals surface area contributed by atoms with Gasteiger partial charge in [-0.3, -0.25) is 9.59 Å². The number of rotatable bonds is 5. The summed E-state index contributed by atoms with van der Waals surface area (Å²) in [6.45, 7) is 1.91. The van der Waals surface area contributed by atoms with Gasteiger partial charge in [0.2, 0.25) is 5.91 Å². The lowest BCUT2D eigenvalue weighted by molar-refractivity contribution is -0.120. The summed E-state index contributed by atoms with van der Waals surface area (Å²) in [6, 6.07) is 6.85. The van der Waals surface area contributed by atoms with Crippen molar-refractivity contribution in [3.8, 4) is 5.75 Å². The van der Waals surface area contributed by atoms with E-state index in [0.29, 0.717) is 11.7 Å². The van der Waals surface area contributed by atoms with E-state index in [-0.39, 0.29) is 18.4 Å². The van der Waals surface area contributed by atoms with E-state index < -0.39 is 5.91 Å². The largest absolute Gasteiger partial charge is 0.484 e. The van der Waals surface area contributed by atoms with Crippen molar-refractivity contribution < 1.29 is 14.3 Å². The summed E-state index contributed by atoms with van der Waals surface area (Å²) in [5, 5.41) is 2.84. The minimum absolute atomic E-state index is 0.0632. The third-order valence-electron chi connectivity index (χ3n) is 2.95. The Kier molecular flexibility index (Phi) is 3.50. The standard InChI is InChI=1S/C13H16N2O3/c1-8-6-11(8)13(17)15-9-2-4-10(5-3-9)18-7-12(14)16/h2-5,8,11H,6-7H2,1H3,(H2,14,16)(H,15,17)/t8-,11+/m0/s1. The average Bonchev–Trinajstić information content (AvgIpc) is 3.05. The molecule has 0 unspecified atom stereocenters. The number of nitrogens with one attached hydrogen (secondary N) is 1. The molecule has 1 aliphatic carbocycles. The van der Waals surface area contributed by atoms with Gasteiger partial charge < -0.3 is 15.8 Å². The van der Waals surface area contributed by atoms with Crippen LogP contribution < -0.4 is 15.8 Å². The molecule has 18 heavy (non-hydrogen) atoms. The van der Waals surface area contributed by atoms with Crippen LogP contribution in [0.3, 0.4) is 0 Å². The Balaban J connectivity index is 1.87. The lowest BCUT2D eigenvalue weighted by atomic mass is 10.2. The van der Waals surface area contributed by atoms with Gasteiger partial charge in [0.05, 0.1) is 0 Å². The Bertz CT molecular complexity index is 456. The van der Waals surface area contributed by atoms with Crippen LogP contribution in [-0.2, 0) is 9.59 Å². The Hall–Kier alpha value is -2.04. The Morgan fingerprint density at radius 1 is 1.39 bits per heavy atom. The van der Waals surface area contributed by atoms with Crippen molar-refractivity contribution in [3.63, 3.8) is 0 Å². The van der Waals surface area contributed by atoms with E-state index in [1.165, 1.54) is 0 Å². The van der Waals surface area contributed by atoms with E-state index in [4.69, 9.17) is 10.5 Å². The molecule has 5 nitrogen and oxygen atoms in total. The first kappa shape index (κ1) is 12.4. The van der Waals surface area contributed by atoms with Gasteiger partial charge in [0.15, 0.2) is 6.61 Å². The summed E-state index contributed by atoms with van der Waals surface area (Å²) >= 11 is 0. The van der Waals surface area contributed by atoms with Crippen LogP contribution in [0.25, 0.3) is 0 Å². The molecule has 0 saturated heterocycles. The van der Waals surface area contributed by atoms with Crippen LogP contribution in [-0.4, -0.2) is 18.4 Å². The molecule has 1 aromatic carbocycles. The Morgan fingerprint density at radius 3 is 2.50 bits per heavy atom. The number of benzene rings is 1. The highest BCUT2D eigenvalue weighted by atomic mass is 16.5. The predicted octanol–water partition coefficient (Wildman–Crippen LogP) is 1.15. The molecular weight excluding hydrogens is 232 g/mol. The molecule has 1 saturated carbocycles. The van der Waals surface area contributed by atoms with Gasteiger partial charge in [-0.2, -0.15) is 0 Å². The van der Waals surface area contributed by atoms with E-state index in [9.17, 15) is 9.59 Å². The van der Waals surface area contributed by atoms with E-state index in [0.717, 1.165) is 12.1 Å². The lowest BCUT2D eigenvalue weighted by Gasteiger charge is -2.06. The summed E-state index contributed by atoms with van der Waals surface area (Å²) < 4.78 is 5.12. The number of hydrogen-bond acceptors (Lipinski definition) is 3. The van der Waals surface area contributed by atoms with Crippen LogP contribution in [0.15, 0.2) is 24.3 Å². The zero-order chi connectivity index (χ0) is 13.1. The van der Waals surface area contributed by atoms with Crippen molar-refractivity contribution in [1.82, 2.24) is 0 Å². The number of primary amides is 1. The lowest BCUT2D eigenvalue weighted by Crippen LogP contribution is -2.20. The van der Waals surface area contributed by atoms with Crippen LogP contribution >= 0.6 is 0 Å². The minimum Gasteiger partial charge on any atom is -0.484 e. The normalized spacial score (nSPS) is 21.2. The first-order chi connectivity index (χ1) is 8.56. The van der Waals surface area contributed by atoms with Crippen LogP contribution in [0, 0.1) is 11.8 Å². The zero-order valence-corrected chi connectivity index (χ0v) is 10.2. The number of amides is 2. The third kappa shape index (κ3) is 3.23. The summed E-state index contributed by atoms with van der Waals surface area (Å²) in [5.74, 6) is 0.731. The van der Waals surface area contributed by atoms with Crippen LogP contribution in [0.2, 0.25) is 0 Å². The fourth-order valence-electron chi connectivity index (χ4n) is 1.71. The molecule has 2 rings (SSSR count). The molecule has 0 heterocycles. The molecule has 1 aromatic rings. The topological polar surface area (TPSA) is 81.4 Å². The highest BCUT2D eigenvalue weighted by Crippen LogP contribution is 2.38. The monoisotopic (exact) mass is 248 g/mol. The molecule has 1 fully saturated rings. The molecule has 5 heteroatoms. The van der Waals surface area contributed by atoms with Crippen LogP contribution in [0.1, 0.15) is 13.3 Å². The summed E-state index contributed by atoms with van der Waals surface area (Å²) in [5.41, 5.74) is 5.70. The maximum absolute atomic E-state index is 11.7. The molecule has 0 bridgehead atoms. The van der Waals surface area contributed by atoms with Crippen molar-refractivity contribution in [2.75, 3.05) is 11.9 Å². The third-order valence-corrected chi connectivity index (χ3v) is 2.95. The predicted molar refractivity (Wildman–Crippen MR) is 67.0 cm³/mol. The highest BCUT2D eigenvalue weighted by Gasteiger charge is 2.38. The van der Waals surface area contributed by atoms with Gasteiger partial charge in [0.1, 0.15) is 5.75 Å². The second-order valence-electron chi connectivity index (χ2n) is 4.59. The second kappa shape index (κ2) is 5.08. The molecule has 3 N–H and O–H groups in total. The maximum atomic E-state index is 11.7. The Labute approximate surface area is 105 Å². The van der Waals surface area contributed by atoms with Gasteiger partial charge in [0, 0.05) is 11.6 Å². The molecule has 0 spiro atoms. The number of anilines is 1. The number of carbonyl (C=O) groups is 2. The number of carbonyl (C=O) groups excluding carboxylic acids is 2. The fourth-order valence-corrected chi connectivity index (χ4v) is 1.71. The maximum Gasteiger partial charge on any atom is 0.255 e. The smallest absolute Gasteiger partial charge is 0.255 e. The highest BCUT2D eigenvalue weighted by molar-refractivity contribution is 5.94. The van der Waals surface area contributed by atoms with E-state index in [2.05, 4.69) is 12.2 Å². The molecular formula is C13H16N2O3. The first-order valence-electron chi connectivity index (χ1n) is 5.88. The van der Waals surface area contributed by atoms with Crippen LogP contribution in [0.5, 0.6) is 5.75 Å². The molecule has 96 valence electrons. The molecule has 2 amide bonds.